The fourth-order valence-corrected chi connectivity index (χ4v) is 6.19. The van der Waals surface area contributed by atoms with E-state index in [9.17, 15) is 22.0 Å². The number of nitrogens with two attached hydrogens (primary N) is 1. The van der Waals surface area contributed by atoms with Crippen molar-refractivity contribution in [2.24, 2.45) is 11.1 Å². The fourth-order valence-electron chi connectivity index (χ4n) is 5.36. The van der Waals surface area contributed by atoms with Crippen molar-refractivity contribution in [1.29, 1.82) is 0 Å². The van der Waals surface area contributed by atoms with Gasteiger partial charge >= 0.3 is 6.03 Å². The first kappa shape index (κ1) is 31.6. The molecule has 12 heteroatoms. The third-order valence-corrected chi connectivity index (χ3v) is 8.71. The third kappa shape index (κ3) is 7.34. The molecule has 2 aromatic carbocycles. The van der Waals surface area contributed by atoms with Gasteiger partial charge in [-0.2, -0.15) is 4.31 Å². The van der Waals surface area contributed by atoms with Crippen molar-refractivity contribution in [3.05, 3.63) is 77.8 Å². The molecule has 0 radical (unpaired) electrons. The van der Waals surface area contributed by atoms with Crippen LogP contribution in [-0.4, -0.2) is 83.6 Å². The number of rotatable bonds is 9. The van der Waals surface area contributed by atoms with Crippen molar-refractivity contribution < 1.29 is 22.0 Å². The lowest BCUT2D eigenvalue weighted by molar-refractivity contribution is 0.0755. The van der Waals surface area contributed by atoms with Crippen LogP contribution in [0.3, 0.4) is 0 Å². The molecule has 1 atom stereocenters. The van der Waals surface area contributed by atoms with Crippen LogP contribution in [0.1, 0.15) is 44.6 Å². The minimum atomic E-state index is -3.36. The SMILES string of the molecule is CC(C)(C)[C@H](c1nc(-c2cc(F)ccc2F)cn1Cc1ccccc1)N(CCCN)C(=O)N1CCN(S(C)(=O)=O)CC1. The number of benzene rings is 2. The number of amides is 2. The molecular weight excluding hydrogens is 562 g/mol. The fraction of sp³-hybridized carbons (Fsp3) is 0.467. The number of imidazole rings is 1. The number of aromatic nitrogens is 2. The summed E-state index contributed by atoms with van der Waals surface area (Å²) < 4.78 is 56.5. The van der Waals surface area contributed by atoms with E-state index in [1.54, 1.807) is 16.0 Å². The Kier molecular flexibility index (Phi) is 9.69. The molecule has 2 amide bonds. The zero-order valence-electron chi connectivity index (χ0n) is 24.6. The van der Waals surface area contributed by atoms with Crippen molar-refractivity contribution in [3.8, 4) is 11.3 Å². The highest BCUT2D eigenvalue weighted by Crippen LogP contribution is 2.40. The molecule has 1 fully saturated rings. The number of urea groups is 1. The molecule has 228 valence electrons. The van der Waals surface area contributed by atoms with Crippen LogP contribution in [0.25, 0.3) is 11.3 Å². The molecule has 1 aromatic heterocycles. The number of piperazine rings is 1. The Morgan fingerprint density at radius 1 is 1.07 bits per heavy atom. The first-order chi connectivity index (χ1) is 19.8. The van der Waals surface area contributed by atoms with E-state index in [0.717, 1.165) is 23.8 Å². The molecule has 42 heavy (non-hydrogen) atoms. The molecule has 0 aliphatic carbocycles. The minimum Gasteiger partial charge on any atom is -0.330 e. The molecule has 0 unspecified atom stereocenters. The number of nitrogens with zero attached hydrogens (tertiary/aromatic N) is 5. The molecule has 0 saturated carbocycles. The summed E-state index contributed by atoms with van der Waals surface area (Å²) in [4.78, 5) is 22.4. The van der Waals surface area contributed by atoms with Crippen molar-refractivity contribution >= 4 is 16.1 Å². The highest BCUT2D eigenvalue weighted by atomic mass is 32.2. The summed E-state index contributed by atoms with van der Waals surface area (Å²) in [6, 6.07) is 12.2. The lowest BCUT2D eigenvalue weighted by atomic mass is 9.84. The van der Waals surface area contributed by atoms with Crippen molar-refractivity contribution in [2.45, 2.75) is 39.8 Å². The van der Waals surface area contributed by atoms with Gasteiger partial charge in [0.2, 0.25) is 10.0 Å². The van der Waals surface area contributed by atoms with Gasteiger partial charge in [0, 0.05) is 51.0 Å². The Morgan fingerprint density at radius 2 is 1.74 bits per heavy atom. The second-order valence-electron chi connectivity index (χ2n) is 11.8. The maximum Gasteiger partial charge on any atom is 0.320 e. The van der Waals surface area contributed by atoms with E-state index in [1.807, 2.05) is 55.7 Å². The Labute approximate surface area is 247 Å². The smallest absolute Gasteiger partial charge is 0.320 e. The molecular formula is C30H40F2N6O3S. The molecule has 9 nitrogen and oxygen atoms in total. The number of sulfonamides is 1. The first-order valence-corrected chi connectivity index (χ1v) is 15.9. The van der Waals surface area contributed by atoms with Crippen molar-refractivity contribution in [3.63, 3.8) is 0 Å². The summed E-state index contributed by atoms with van der Waals surface area (Å²) >= 11 is 0. The third-order valence-electron chi connectivity index (χ3n) is 7.41. The van der Waals surface area contributed by atoms with Crippen LogP contribution in [0.4, 0.5) is 13.6 Å². The van der Waals surface area contributed by atoms with Gasteiger partial charge in [-0.15, -0.1) is 0 Å². The second-order valence-corrected chi connectivity index (χ2v) is 13.7. The monoisotopic (exact) mass is 602 g/mol. The van der Waals surface area contributed by atoms with E-state index < -0.39 is 33.1 Å². The van der Waals surface area contributed by atoms with E-state index in [4.69, 9.17) is 10.7 Å². The lowest BCUT2D eigenvalue weighted by Gasteiger charge is -2.43. The molecule has 3 aromatic rings. The minimum absolute atomic E-state index is 0.0347. The number of carbonyl (C=O) groups is 1. The van der Waals surface area contributed by atoms with Crippen LogP contribution in [0, 0.1) is 17.0 Å². The van der Waals surface area contributed by atoms with E-state index >= 15 is 0 Å². The van der Waals surface area contributed by atoms with Gasteiger partial charge in [0.1, 0.15) is 17.5 Å². The molecule has 2 heterocycles. The Hall–Kier alpha value is -3.35. The van der Waals surface area contributed by atoms with E-state index in [-0.39, 0.29) is 43.5 Å². The summed E-state index contributed by atoms with van der Waals surface area (Å²) in [6.07, 6.45) is 3.40. The van der Waals surface area contributed by atoms with Crippen LogP contribution in [-0.2, 0) is 16.6 Å². The quantitative estimate of drug-likeness (QED) is 0.393. The van der Waals surface area contributed by atoms with Crippen LogP contribution in [0.2, 0.25) is 0 Å². The van der Waals surface area contributed by atoms with Gasteiger partial charge in [-0.1, -0.05) is 51.1 Å². The van der Waals surface area contributed by atoms with Crippen molar-refractivity contribution in [1.82, 2.24) is 23.7 Å². The number of hydrogen-bond acceptors (Lipinski definition) is 5. The highest BCUT2D eigenvalue weighted by Gasteiger charge is 2.40. The van der Waals surface area contributed by atoms with Gasteiger partial charge in [-0.25, -0.2) is 27.0 Å². The average molecular weight is 603 g/mol. The molecule has 2 N–H and O–H groups in total. The topological polar surface area (TPSA) is 105 Å². The first-order valence-electron chi connectivity index (χ1n) is 14.1. The van der Waals surface area contributed by atoms with Gasteiger partial charge in [0.25, 0.3) is 0 Å². The average Bonchev–Trinajstić information content (AvgIpc) is 3.33. The summed E-state index contributed by atoms with van der Waals surface area (Å²) in [6.45, 7) is 8.04. The highest BCUT2D eigenvalue weighted by molar-refractivity contribution is 7.88. The largest absolute Gasteiger partial charge is 0.330 e. The Morgan fingerprint density at radius 3 is 2.33 bits per heavy atom. The van der Waals surface area contributed by atoms with Gasteiger partial charge in [0.05, 0.1) is 18.0 Å². The van der Waals surface area contributed by atoms with E-state index in [2.05, 4.69) is 0 Å². The van der Waals surface area contributed by atoms with Gasteiger partial charge < -0.3 is 20.1 Å². The lowest BCUT2D eigenvalue weighted by Crippen LogP contribution is -2.56. The van der Waals surface area contributed by atoms with Crippen molar-refractivity contribution in [2.75, 3.05) is 45.5 Å². The summed E-state index contributed by atoms with van der Waals surface area (Å²) in [5.74, 6) is -0.643. The maximum atomic E-state index is 14.9. The number of halogens is 2. The summed E-state index contributed by atoms with van der Waals surface area (Å²) in [5, 5.41) is 0. The van der Waals surface area contributed by atoms with Gasteiger partial charge in [-0.05, 0) is 42.1 Å². The molecule has 1 saturated heterocycles. The predicted octanol–water partition coefficient (Wildman–Crippen LogP) is 4.31. The summed E-state index contributed by atoms with van der Waals surface area (Å²) in [5.41, 5.74) is 6.64. The summed E-state index contributed by atoms with van der Waals surface area (Å²) in [7, 11) is -3.36. The molecule has 1 aliphatic rings. The second kappa shape index (κ2) is 12.9. The molecule has 1 aliphatic heterocycles. The van der Waals surface area contributed by atoms with Crippen LogP contribution >= 0.6 is 0 Å². The number of carbonyl (C=O) groups excluding carboxylic acids is 1. The predicted molar refractivity (Wildman–Crippen MR) is 159 cm³/mol. The van der Waals surface area contributed by atoms with Gasteiger partial charge in [0.15, 0.2) is 0 Å². The van der Waals surface area contributed by atoms with Crippen LogP contribution in [0.5, 0.6) is 0 Å². The molecule has 0 spiro atoms. The van der Waals surface area contributed by atoms with E-state index in [0.29, 0.717) is 31.9 Å². The Balaban J connectivity index is 1.80. The molecule has 0 bridgehead atoms. The number of hydrogen-bond donors (Lipinski definition) is 1. The Bertz CT molecular complexity index is 1480. The maximum absolute atomic E-state index is 14.9. The van der Waals surface area contributed by atoms with Crippen LogP contribution < -0.4 is 5.73 Å². The zero-order chi connectivity index (χ0) is 30.7. The normalized spacial score (nSPS) is 15.5. The molecule has 4 rings (SSSR count). The zero-order valence-corrected chi connectivity index (χ0v) is 25.4. The van der Waals surface area contributed by atoms with Gasteiger partial charge in [-0.3, -0.25) is 0 Å². The standard InChI is InChI=1S/C30H40F2N6O3S/c1-30(2,3)27(38(14-8-13-33)29(39)35-15-17-37(18-16-35)42(4,40)41)28-34-26(24-19-23(31)11-12-25(24)32)21-36(28)20-22-9-6-5-7-10-22/h5-7,9-12,19,21,27H,8,13-18,20,33H2,1-4H3/t27-/m0/s1. The van der Waals surface area contributed by atoms with Crippen LogP contribution in [0.15, 0.2) is 54.7 Å². The van der Waals surface area contributed by atoms with E-state index in [1.165, 1.54) is 10.6 Å².